The molecule has 4 aliphatic carbocycles. The first-order chi connectivity index (χ1) is 14.8. The highest BCUT2D eigenvalue weighted by Gasteiger charge is 2.63. The van der Waals surface area contributed by atoms with Crippen molar-refractivity contribution in [3.63, 3.8) is 0 Å². The number of Topliss-reactive ketones (excluding diaryl/α,β-unsaturated/α-hetero) is 1. The lowest BCUT2D eigenvalue weighted by Crippen LogP contribution is -2.49. The monoisotopic (exact) mass is 425 g/mol. The van der Waals surface area contributed by atoms with Crippen LogP contribution in [0.4, 0.5) is 0 Å². The number of fused-ring (bicyclic) bond motifs is 6. The van der Waals surface area contributed by atoms with Crippen molar-refractivity contribution < 1.29 is 14.6 Å². The molecule has 4 nitrogen and oxygen atoms in total. The van der Waals surface area contributed by atoms with Gasteiger partial charge in [0.25, 0.3) is 0 Å². The highest BCUT2D eigenvalue weighted by molar-refractivity contribution is 6.02. The minimum atomic E-state index is -0.263. The Labute approximate surface area is 186 Å². The van der Waals surface area contributed by atoms with E-state index in [1.165, 1.54) is 11.1 Å². The lowest BCUT2D eigenvalue weighted by atomic mass is 9.56. The van der Waals surface area contributed by atoms with E-state index >= 15 is 0 Å². The van der Waals surface area contributed by atoms with Crippen molar-refractivity contribution in [3.8, 4) is 0 Å². The molecule has 0 radical (unpaired) electrons. The number of piperidine rings is 1. The molecule has 31 heavy (non-hydrogen) atoms. The molecule has 2 N–H and O–H groups in total. The molecular formula is C27H39NO3. The van der Waals surface area contributed by atoms with Crippen LogP contribution >= 0.6 is 0 Å². The van der Waals surface area contributed by atoms with E-state index in [4.69, 9.17) is 4.74 Å². The van der Waals surface area contributed by atoms with Crippen LogP contribution in [0.5, 0.6) is 0 Å². The van der Waals surface area contributed by atoms with Gasteiger partial charge in [-0.3, -0.25) is 4.79 Å². The van der Waals surface area contributed by atoms with Crippen LogP contribution in [0.25, 0.3) is 0 Å². The van der Waals surface area contributed by atoms with Crippen LogP contribution < -0.4 is 5.32 Å². The van der Waals surface area contributed by atoms with Crippen LogP contribution in [0.2, 0.25) is 0 Å². The van der Waals surface area contributed by atoms with Crippen LogP contribution in [0.1, 0.15) is 72.6 Å². The zero-order chi connectivity index (χ0) is 21.7. The Morgan fingerprint density at radius 1 is 1.23 bits per heavy atom. The van der Waals surface area contributed by atoms with Gasteiger partial charge in [-0.15, -0.1) is 0 Å². The molecule has 6 aliphatic rings. The SMILES string of the molecule is CC1=C2C(=O)[C@H]3C(CC=C4CC(O)CCC43C)[C@@H]2CC[C@]12O[C@@H]1CC(C)CN[C@H]1[C@H]2C. The summed E-state index contributed by atoms with van der Waals surface area (Å²) >= 11 is 0. The molecule has 10 atom stereocenters. The zero-order valence-corrected chi connectivity index (χ0v) is 19.6. The highest BCUT2D eigenvalue weighted by atomic mass is 16.5. The van der Waals surface area contributed by atoms with Crippen molar-refractivity contribution in [2.75, 3.05) is 6.54 Å². The number of carbonyl (C=O) groups is 1. The number of rotatable bonds is 0. The number of hydrogen-bond donors (Lipinski definition) is 2. The molecule has 2 saturated heterocycles. The third-order valence-electron chi connectivity index (χ3n) is 10.6. The Kier molecular flexibility index (Phi) is 4.51. The molecule has 2 aliphatic heterocycles. The maximum Gasteiger partial charge on any atom is 0.163 e. The Morgan fingerprint density at radius 2 is 2.03 bits per heavy atom. The summed E-state index contributed by atoms with van der Waals surface area (Å²) in [6.45, 7) is 10.3. The smallest absolute Gasteiger partial charge is 0.163 e. The first-order valence-corrected chi connectivity index (χ1v) is 12.8. The van der Waals surface area contributed by atoms with Crippen LogP contribution in [-0.4, -0.2) is 41.3 Å². The molecule has 0 amide bonds. The number of allylic oxidation sites excluding steroid dienone is 2. The Bertz CT molecular complexity index is 876. The van der Waals surface area contributed by atoms with Crippen molar-refractivity contribution in [3.05, 3.63) is 22.8 Å². The lowest BCUT2D eigenvalue weighted by Gasteiger charge is -2.48. The Morgan fingerprint density at radius 3 is 2.84 bits per heavy atom. The van der Waals surface area contributed by atoms with E-state index in [2.05, 4.69) is 39.1 Å². The third-order valence-corrected chi connectivity index (χ3v) is 10.6. The molecule has 6 rings (SSSR count). The first-order valence-electron chi connectivity index (χ1n) is 12.8. The summed E-state index contributed by atoms with van der Waals surface area (Å²) < 4.78 is 6.93. The van der Waals surface area contributed by atoms with Crippen molar-refractivity contribution in [2.45, 2.75) is 96.5 Å². The summed E-state index contributed by atoms with van der Waals surface area (Å²) in [5.74, 6) is 2.41. The van der Waals surface area contributed by atoms with Gasteiger partial charge in [0.05, 0.1) is 17.8 Å². The second-order valence-electron chi connectivity index (χ2n) is 12.1. The van der Waals surface area contributed by atoms with Crippen molar-refractivity contribution in [1.82, 2.24) is 5.32 Å². The van der Waals surface area contributed by atoms with Gasteiger partial charge in [-0.25, -0.2) is 0 Å². The fraction of sp³-hybridized carbons (Fsp3) is 0.815. The average Bonchev–Trinajstić information content (AvgIpc) is 3.18. The number of aliphatic hydroxyl groups excluding tert-OH is 1. The fourth-order valence-electron chi connectivity index (χ4n) is 8.93. The van der Waals surface area contributed by atoms with Crippen LogP contribution in [-0.2, 0) is 9.53 Å². The number of ketones is 1. The molecule has 2 saturated carbocycles. The van der Waals surface area contributed by atoms with Gasteiger partial charge in [0, 0.05) is 23.5 Å². The van der Waals surface area contributed by atoms with Crippen molar-refractivity contribution >= 4 is 5.78 Å². The Hall–Kier alpha value is -0.970. The fourth-order valence-corrected chi connectivity index (χ4v) is 8.93. The van der Waals surface area contributed by atoms with Crippen molar-refractivity contribution in [1.29, 1.82) is 0 Å². The van der Waals surface area contributed by atoms with E-state index in [0.717, 1.165) is 57.1 Å². The molecule has 170 valence electrons. The molecule has 0 bridgehead atoms. The maximum atomic E-state index is 14.1. The van der Waals surface area contributed by atoms with E-state index in [1.807, 2.05) is 0 Å². The summed E-state index contributed by atoms with van der Waals surface area (Å²) in [7, 11) is 0. The number of hydrogen-bond acceptors (Lipinski definition) is 4. The van der Waals surface area contributed by atoms with E-state index in [1.54, 1.807) is 0 Å². The van der Waals surface area contributed by atoms with Gasteiger partial charge >= 0.3 is 0 Å². The van der Waals surface area contributed by atoms with Gasteiger partial charge < -0.3 is 15.2 Å². The summed E-state index contributed by atoms with van der Waals surface area (Å²) in [5, 5.41) is 14.0. The van der Waals surface area contributed by atoms with Gasteiger partial charge in [0.15, 0.2) is 5.78 Å². The van der Waals surface area contributed by atoms with E-state index < -0.39 is 0 Å². The number of carbonyl (C=O) groups excluding carboxylic acids is 1. The quantitative estimate of drug-likeness (QED) is 0.572. The summed E-state index contributed by atoms with van der Waals surface area (Å²) in [6, 6.07) is 0.410. The van der Waals surface area contributed by atoms with E-state index in [9.17, 15) is 9.90 Å². The second-order valence-corrected chi connectivity index (χ2v) is 12.1. The number of nitrogens with one attached hydrogen (secondary N) is 1. The molecule has 0 aromatic rings. The van der Waals surface area contributed by atoms with E-state index in [-0.39, 0.29) is 29.1 Å². The Balaban J connectivity index is 1.39. The largest absolute Gasteiger partial charge is 0.393 e. The molecule has 0 aromatic carbocycles. The van der Waals surface area contributed by atoms with Crippen LogP contribution in [0.15, 0.2) is 22.8 Å². The lowest BCUT2D eigenvalue weighted by molar-refractivity contribution is -0.123. The molecular weight excluding hydrogens is 386 g/mol. The standard InChI is InChI=1S/C27H39NO3/c1-14-11-21-24(28-13-14)16(3)27(31-21)10-8-19-20-6-5-17-12-18(29)7-9-26(17,4)23(20)25(30)22(19)15(27)2/h5,14,16,18-21,23-24,28-29H,6-13H2,1-4H3/t14?,16-,18?,19+,20?,21-,23-,24+,26?,27+/m1/s1. The maximum absolute atomic E-state index is 14.1. The number of aliphatic hydroxyl groups is 1. The summed E-state index contributed by atoms with van der Waals surface area (Å²) in [6.07, 6.45) is 9.23. The van der Waals surface area contributed by atoms with Gasteiger partial charge in [-0.2, -0.15) is 0 Å². The van der Waals surface area contributed by atoms with Gasteiger partial charge in [-0.1, -0.05) is 32.4 Å². The average molecular weight is 426 g/mol. The van der Waals surface area contributed by atoms with Crippen LogP contribution in [0.3, 0.4) is 0 Å². The van der Waals surface area contributed by atoms with Crippen molar-refractivity contribution in [2.24, 2.45) is 35.0 Å². The van der Waals surface area contributed by atoms with Gasteiger partial charge in [0.1, 0.15) is 0 Å². The normalized spacial score (nSPS) is 53.7. The van der Waals surface area contributed by atoms with E-state index in [0.29, 0.717) is 35.5 Å². The summed E-state index contributed by atoms with van der Waals surface area (Å²) in [5.41, 5.74) is 3.43. The topological polar surface area (TPSA) is 58.6 Å². The zero-order valence-electron chi connectivity index (χ0n) is 19.6. The predicted octanol–water partition coefficient (Wildman–Crippen LogP) is 4.18. The highest BCUT2D eigenvalue weighted by Crippen LogP contribution is 2.63. The number of ether oxygens (including phenoxy) is 1. The van der Waals surface area contributed by atoms with Gasteiger partial charge in [0.2, 0.25) is 0 Å². The molecule has 4 unspecified atom stereocenters. The molecule has 4 fully saturated rings. The molecule has 1 spiro atoms. The third kappa shape index (κ3) is 2.62. The minimum absolute atomic E-state index is 0.0653. The second kappa shape index (κ2) is 6.77. The molecule has 4 heteroatoms. The van der Waals surface area contributed by atoms with Gasteiger partial charge in [-0.05, 0) is 87.2 Å². The molecule has 0 aromatic heterocycles. The summed E-state index contributed by atoms with van der Waals surface area (Å²) in [4.78, 5) is 14.1. The van der Waals surface area contributed by atoms with Crippen LogP contribution in [0, 0.1) is 35.0 Å². The first kappa shape index (κ1) is 20.6. The minimum Gasteiger partial charge on any atom is -0.393 e. The molecule has 2 heterocycles. The predicted molar refractivity (Wildman–Crippen MR) is 120 cm³/mol.